The third-order valence-electron chi connectivity index (χ3n) is 5.74. The van der Waals surface area contributed by atoms with Crippen LogP contribution >= 0.6 is 0 Å². The van der Waals surface area contributed by atoms with E-state index in [4.69, 9.17) is 9.84 Å². The monoisotopic (exact) mass is 420 g/mol. The summed E-state index contributed by atoms with van der Waals surface area (Å²) in [6, 6.07) is 16.3. The zero-order valence-electron chi connectivity index (χ0n) is 17.0. The first-order valence-corrected chi connectivity index (χ1v) is 10.3. The van der Waals surface area contributed by atoms with Gasteiger partial charge in [0.2, 0.25) is 5.91 Å². The Morgan fingerprint density at radius 3 is 2.23 bits per heavy atom. The van der Waals surface area contributed by atoms with Crippen molar-refractivity contribution in [3.63, 3.8) is 0 Å². The number of carbonyl (C=O) groups is 3. The van der Waals surface area contributed by atoms with E-state index in [1.54, 1.807) is 0 Å². The summed E-state index contributed by atoms with van der Waals surface area (Å²) in [4.78, 5) is 35.0. The van der Waals surface area contributed by atoms with Crippen LogP contribution in [-0.4, -0.2) is 41.8 Å². The van der Waals surface area contributed by atoms with Crippen LogP contribution < -0.4 is 10.6 Å². The maximum atomic E-state index is 12.5. The molecule has 2 aromatic carbocycles. The highest BCUT2D eigenvalue weighted by atomic mass is 16.5. The highest BCUT2D eigenvalue weighted by Crippen LogP contribution is 2.44. The van der Waals surface area contributed by atoms with Gasteiger partial charge >= 0.3 is 12.1 Å². The third kappa shape index (κ3) is 4.77. The number of aliphatic carboxylic acids is 1. The Kier molecular flexibility index (Phi) is 5.75. The van der Waals surface area contributed by atoms with E-state index in [9.17, 15) is 14.4 Å². The Bertz CT molecular complexity index is 996. The third-order valence-corrected chi connectivity index (χ3v) is 5.74. The van der Waals surface area contributed by atoms with Gasteiger partial charge in [-0.3, -0.25) is 4.79 Å². The lowest BCUT2D eigenvalue weighted by Crippen LogP contribution is -2.41. The number of hydrogen-bond acceptors (Lipinski definition) is 4. The number of nitrogens with one attached hydrogen (secondary N) is 2. The van der Waals surface area contributed by atoms with E-state index in [1.807, 2.05) is 24.3 Å². The second kappa shape index (κ2) is 8.63. The number of amides is 2. The summed E-state index contributed by atoms with van der Waals surface area (Å²) in [5, 5.41) is 14.0. The quantitative estimate of drug-likeness (QED) is 0.569. The Hall–Kier alpha value is -3.61. The fraction of sp³-hybridized carbons (Fsp3) is 0.292. The second-order valence-corrected chi connectivity index (χ2v) is 7.95. The number of rotatable bonds is 8. The average molecular weight is 420 g/mol. The fourth-order valence-corrected chi connectivity index (χ4v) is 4.05. The van der Waals surface area contributed by atoms with Crippen LogP contribution in [0.3, 0.4) is 0 Å². The van der Waals surface area contributed by atoms with Crippen molar-refractivity contribution in [1.82, 2.24) is 10.6 Å². The molecule has 0 aromatic heterocycles. The number of fused-ring (bicyclic) bond motifs is 3. The molecule has 2 aliphatic carbocycles. The molecule has 3 N–H and O–H groups in total. The highest BCUT2D eigenvalue weighted by molar-refractivity contribution is 5.81. The average Bonchev–Trinajstić information content (AvgIpc) is 3.42. The van der Waals surface area contributed by atoms with Crippen LogP contribution in [0.5, 0.6) is 0 Å². The lowest BCUT2D eigenvalue weighted by Gasteiger charge is -2.19. The van der Waals surface area contributed by atoms with E-state index >= 15 is 0 Å². The van der Waals surface area contributed by atoms with Gasteiger partial charge in [-0.2, -0.15) is 0 Å². The maximum absolute atomic E-state index is 12.5. The smallest absolute Gasteiger partial charge is 0.407 e. The topological polar surface area (TPSA) is 105 Å². The number of alkyl carbamates (subject to hydrolysis) is 1. The minimum atomic E-state index is -1.06. The number of carboxylic acid groups (broad SMARTS) is 1. The van der Waals surface area contributed by atoms with Crippen LogP contribution in [0.15, 0.2) is 60.7 Å². The van der Waals surface area contributed by atoms with Crippen molar-refractivity contribution in [3.05, 3.63) is 71.8 Å². The van der Waals surface area contributed by atoms with E-state index in [1.165, 1.54) is 17.2 Å². The van der Waals surface area contributed by atoms with Gasteiger partial charge < -0.3 is 20.5 Å². The molecule has 1 fully saturated rings. The summed E-state index contributed by atoms with van der Waals surface area (Å²) in [5.74, 6) is -1.33. The molecule has 31 heavy (non-hydrogen) atoms. The van der Waals surface area contributed by atoms with E-state index in [0.717, 1.165) is 17.2 Å². The molecule has 0 saturated heterocycles. The van der Waals surface area contributed by atoms with Crippen LogP contribution in [0, 0.1) is 0 Å². The molecule has 0 spiro atoms. The SMILES string of the molecule is O=C(O)/C=C/CNC(=O)CC1(NC(=O)OCC2c3ccccc3-c3ccccc32)CC1. The lowest BCUT2D eigenvalue weighted by atomic mass is 9.98. The molecule has 0 heterocycles. The number of hydrogen-bond donors (Lipinski definition) is 3. The predicted octanol–water partition coefficient (Wildman–Crippen LogP) is 3.20. The zero-order chi connectivity index (χ0) is 21.8. The summed E-state index contributed by atoms with van der Waals surface area (Å²) in [7, 11) is 0. The largest absolute Gasteiger partial charge is 0.478 e. The van der Waals surface area contributed by atoms with Crippen LogP contribution in [0.25, 0.3) is 11.1 Å². The Balaban J connectivity index is 1.31. The molecule has 0 radical (unpaired) electrons. The molecule has 0 aliphatic heterocycles. The summed E-state index contributed by atoms with van der Waals surface area (Å²) < 4.78 is 5.56. The van der Waals surface area contributed by atoms with Crippen molar-refractivity contribution in [3.8, 4) is 11.1 Å². The minimum absolute atomic E-state index is 0.0161. The predicted molar refractivity (Wildman–Crippen MR) is 115 cm³/mol. The molecule has 2 aliphatic rings. The first-order chi connectivity index (χ1) is 15.0. The van der Waals surface area contributed by atoms with E-state index < -0.39 is 17.6 Å². The minimum Gasteiger partial charge on any atom is -0.478 e. The molecular formula is C24H24N2O5. The fourth-order valence-electron chi connectivity index (χ4n) is 4.05. The first kappa shape index (κ1) is 20.7. The Labute approximate surface area is 180 Å². The lowest BCUT2D eigenvalue weighted by molar-refractivity contribution is -0.131. The van der Waals surface area contributed by atoms with Gasteiger partial charge in [0, 0.05) is 25.0 Å². The Morgan fingerprint density at radius 2 is 1.65 bits per heavy atom. The molecule has 7 nitrogen and oxygen atoms in total. The maximum Gasteiger partial charge on any atom is 0.407 e. The molecule has 0 atom stereocenters. The van der Waals surface area contributed by atoms with Crippen molar-refractivity contribution < 1.29 is 24.2 Å². The summed E-state index contributed by atoms with van der Waals surface area (Å²) >= 11 is 0. The summed E-state index contributed by atoms with van der Waals surface area (Å²) in [6.07, 6.45) is 3.35. The van der Waals surface area contributed by atoms with Crippen molar-refractivity contribution in [2.75, 3.05) is 13.2 Å². The van der Waals surface area contributed by atoms with E-state index in [2.05, 4.69) is 34.9 Å². The summed E-state index contributed by atoms with van der Waals surface area (Å²) in [6.45, 7) is 0.355. The molecule has 0 unspecified atom stereocenters. The number of benzene rings is 2. The standard InChI is InChI=1S/C24H24N2O5/c27-21(25-13-5-10-22(28)29)14-24(11-12-24)26-23(30)31-15-20-18-8-3-1-6-16(18)17-7-2-4-9-19(17)20/h1-10,20H,11-15H2,(H,25,27)(H,26,30)(H,28,29)/b10-5+. The van der Waals surface area contributed by atoms with Crippen LogP contribution in [-0.2, 0) is 14.3 Å². The van der Waals surface area contributed by atoms with Gasteiger partial charge in [0.25, 0.3) is 0 Å². The van der Waals surface area contributed by atoms with Gasteiger partial charge in [-0.15, -0.1) is 0 Å². The van der Waals surface area contributed by atoms with Crippen LogP contribution in [0.1, 0.15) is 36.3 Å². The van der Waals surface area contributed by atoms with Gasteiger partial charge in [-0.25, -0.2) is 9.59 Å². The number of carbonyl (C=O) groups excluding carboxylic acids is 2. The van der Waals surface area contributed by atoms with E-state index in [-0.39, 0.29) is 31.4 Å². The van der Waals surface area contributed by atoms with Gasteiger partial charge in [0.15, 0.2) is 0 Å². The van der Waals surface area contributed by atoms with E-state index in [0.29, 0.717) is 12.8 Å². The van der Waals surface area contributed by atoms with Crippen molar-refractivity contribution in [2.24, 2.45) is 0 Å². The second-order valence-electron chi connectivity index (χ2n) is 7.95. The molecule has 2 amide bonds. The normalized spacial score (nSPS) is 15.7. The highest BCUT2D eigenvalue weighted by Gasteiger charge is 2.46. The Morgan fingerprint density at radius 1 is 1.03 bits per heavy atom. The summed E-state index contributed by atoms with van der Waals surface area (Å²) in [5.41, 5.74) is 4.04. The van der Waals surface area contributed by atoms with Crippen molar-refractivity contribution in [2.45, 2.75) is 30.7 Å². The zero-order valence-corrected chi connectivity index (χ0v) is 17.0. The van der Waals surface area contributed by atoms with Crippen LogP contribution in [0.2, 0.25) is 0 Å². The van der Waals surface area contributed by atoms with Gasteiger partial charge in [-0.1, -0.05) is 54.6 Å². The van der Waals surface area contributed by atoms with Crippen LogP contribution in [0.4, 0.5) is 4.79 Å². The molecule has 7 heteroatoms. The number of carboxylic acids is 1. The van der Waals surface area contributed by atoms with Crippen molar-refractivity contribution in [1.29, 1.82) is 0 Å². The molecule has 160 valence electrons. The van der Waals surface area contributed by atoms with Gasteiger partial charge in [0.1, 0.15) is 6.61 Å². The molecule has 2 aromatic rings. The van der Waals surface area contributed by atoms with Gasteiger partial charge in [0.05, 0.1) is 5.54 Å². The molecule has 0 bridgehead atoms. The van der Waals surface area contributed by atoms with Gasteiger partial charge in [-0.05, 0) is 35.1 Å². The molecular weight excluding hydrogens is 396 g/mol. The molecule has 4 rings (SSSR count). The molecule has 1 saturated carbocycles. The number of ether oxygens (including phenoxy) is 1. The van der Waals surface area contributed by atoms with Crippen molar-refractivity contribution >= 4 is 18.0 Å². The first-order valence-electron chi connectivity index (χ1n) is 10.3.